The van der Waals surface area contributed by atoms with Crippen molar-refractivity contribution in [2.24, 2.45) is 0 Å². The fourth-order valence-corrected chi connectivity index (χ4v) is 2.59. The molecule has 3 rings (SSSR count). The lowest BCUT2D eigenvalue weighted by Gasteiger charge is -2.14. The van der Waals surface area contributed by atoms with E-state index in [2.05, 4.69) is 19.9 Å². The largest absolute Gasteiger partial charge is 0.416 e. The van der Waals surface area contributed by atoms with Crippen LogP contribution in [0.5, 0.6) is 0 Å². The fourth-order valence-electron chi connectivity index (χ4n) is 2.59. The van der Waals surface area contributed by atoms with Gasteiger partial charge < -0.3 is 4.98 Å². The number of nitrogens with zero attached hydrogens (tertiary/aromatic N) is 3. The molecule has 0 unspecified atom stereocenters. The molecule has 0 aliphatic carbocycles. The molecule has 1 N–H and O–H groups in total. The van der Waals surface area contributed by atoms with Crippen molar-refractivity contribution in [3.05, 3.63) is 75.7 Å². The minimum Gasteiger partial charge on any atom is -0.311 e. The van der Waals surface area contributed by atoms with Gasteiger partial charge in [0, 0.05) is 12.0 Å². The summed E-state index contributed by atoms with van der Waals surface area (Å²) in [4.78, 5) is 26.8. The third-order valence-electron chi connectivity index (χ3n) is 3.99. The molecular formula is C18H15F3N4O. The van der Waals surface area contributed by atoms with Gasteiger partial charge in [0.25, 0.3) is 5.56 Å². The Labute approximate surface area is 147 Å². The van der Waals surface area contributed by atoms with Crippen molar-refractivity contribution < 1.29 is 13.2 Å². The lowest BCUT2D eigenvalue weighted by atomic mass is 9.96. The number of H-pyrrole nitrogens is 1. The third kappa shape index (κ3) is 3.79. The van der Waals surface area contributed by atoms with Crippen LogP contribution in [0.3, 0.4) is 0 Å². The van der Waals surface area contributed by atoms with E-state index < -0.39 is 11.7 Å². The molecule has 0 amide bonds. The van der Waals surface area contributed by atoms with Crippen LogP contribution >= 0.6 is 0 Å². The second kappa shape index (κ2) is 6.70. The van der Waals surface area contributed by atoms with Gasteiger partial charge in [0.15, 0.2) is 0 Å². The third-order valence-corrected chi connectivity index (χ3v) is 3.99. The van der Waals surface area contributed by atoms with Gasteiger partial charge in [-0.25, -0.2) is 15.0 Å². The van der Waals surface area contributed by atoms with E-state index in [1.807, 2.05) is 6.92 Å². The highest BCUT2D eigenvalue weighted by atomic mass is 19.4. The van der Waals surface area contributed by atoms with E-state index >= 15 is 0 Å². The lowest BCUT2D eigenvalue weighted by molar-refractivity contribution is -0.137. The number of aryl methyl sites for hydroxylation is 1. The van der Waals surface area contributed by atoms with Crippen molar-refractivity contribution in [3.8, 4) is 11.4 Å². The summed E-state index contributed by atoms with van der Waals surface area (Å²) >= 11 is 0. The Morgan fingerprint density at radius 2 is 1.73 bits per heavy atom. The topological polar surface area (TPSA) is 71.5 Å². The summed E-state index contributed by atoms with van der Waals surface area (Å²) < 4.78 is 38.1. The molecule has 8 heteroatoms. The zero-order valence-electron chi connectivity index (χ0n) is 14.0. The minimum atomic E-state index is -4.37. The number of aromatic amines is 1. The molecule has 0 fully saturated rings. The van der Waals surface area contributed by atoms with E-state index in [9.17, 15) is 18.0 Å². The number of nitrogens with one attached hydrogen (secondary N) is 1. The van der Waals surface area contributed by atoms with Crippen molar-refractivity contribution in [1.29, 1.82) is 0 Å². The average molecular weight is 360 g/mol. The quantitative estimate of drug-likeness (QED) is 0.773. The van der Waals surface area contributed by atoms with Crippen molar-refractivity contribution in [1.82, 2.24) is 19.9 Å². The van der Waals surface area contributed by atoms with Crippen LogP contribution in [-0.4, -0.2) is 19.9 Å². The molecule has 2 aromatic heterocycles. The van der Waals surface area contributed by atoms with Gasteiger partial charge in [0.2, 0.25) is 0 Å². The highest BCUT2D eigenvalue weighted by Gasteiger charge is 2.30. The number of aromatic nitrogens is 4. The molecule has 0 saturated carbocycles. The van der Waals surface area contributed by atoms with Crippen molar-refractivity contribution in [2.75, 3.05) is 0 Å². The van der Waals surface area contributed by atoms with Crippen LogP contribution in [0, 0.1) is 6.92 Å². The Bertz CT molecular complexity index is 981. The Hall–Kier alpha value is -3.03. The predicted molar refractivity (Wildman–Crippen MR) is 89.6 cm³/mol. The molecule has 5 nitrogen and oxygen atoms in total. The Morgan fingerprint density at radius 1 is 1.04 bits per heavy atom. The Morgan fingerprint density at radius 3 is 2.35 bits per heavy atom. The first-order valence-electron chi connectivity index (χ1n) is 7.81. The van der Waals surface area contributed by atoms with Crippen molar-refractivity contribution in [3.63, 3.8) is 0 Å². The van der Waals surface area contributed by atoms with E-state index in [-0.39, 0.29) is 11.5 Å². The summed E-state index contributed by atoms with van der Waals surface area (Å²) in [5, 5.41) is 0. The molecule has 1 atom stereocenters. The van der Waals surface area contributed by atoms with Crippen molar-refractivity contribution >= 4 is 0 Å². The van der Waals surface area contributed by atoms with Crippen LogP contribution in [0.25, 0.3) is 11.4 Å². The Kier molecular flexibility index (Phi) is 4.58. The highest BCUT2D eigenvalue weighted by molar-refractivity contribution is 5.54. The molecule has 0 radical (unpaired) electrons. The number of hydrogen-bond donors (Lipinski definition) is 1. The zero-order valence-corrected chi connectivity index (χ0v) is 14.0. The van der Waals surface area contributed by atoms with Gasteiger partial charge in [-0.1, -0.05) is 19.1 Å². The SMILES string of the molecule is Cc1nc(-c2cc([C@H](C)c3ccc(C(F)(F)F)cc3)ncn2)cc(=O)[nH]1. The van der Waals surface area contributed by atoms with E-state index in [1.54, 1.807) is 13.0 Å². The summed E-state index contributed by atoms with van der Waals surface area (Å²) in [6, 6.07) is 7.99. The molecule has 0 bridgehead atoms. The van der Waals surface area contributed by atoms with Gasteiger partial charge in [-0.05, 0) is 30.7 Å². The molecule has 1 aromatic carbocycles. The fraction of sp³-hybridized carbons (Fsp3) is 0.222. The summed E-state index contributed by atoms with van der Waals surface area (Å²) in [6.45, 7) is 3.50. The van der Waals surface area contributed by atoms with Gasteiger partial charge >= 0.3 is 6.18 Å². The number of rotatable bonds is 3. The van der Waals surface area contributed by atoms with Gasteiger partial charge in [0.05, 0.1) is 22.6 Å². The number of benzene rings is 1. The van der Waals surface area contributed by atoms with Crippen LogP contribution in [0.4, 0.5) is 13.2 Å². The van der Waals surface area contributed by atoms with Gasteiger partial charge in [-0.3, -0.25) is 4.79 Å². The normalized spacial score (nSPS) is 12.8. The molecule has 0 saturated heterocycles. The van der Waals surface area contributed by atoms with Gasteiger partial charge in [-0.2, -0.15) is 13.2 Å². The molecule has 3 aromatic rings. The first-order chi connectivity index (χ1) is 12.2. The first-order valence-corrected chi connectivity index (χ1v) is 7.81. The number of hydrogen-bond acceptors (Lipinski definition) is 4. The van der Waals surface area contributed by atoms with Crippen LogP contribution in [0.2, 0.25) is 0 Å². The van der Waals surface area contributed by atoms with Crippen LogP contribution in [0.15, 0.2) is 47.5 Å². The van der Waals surface area contributed by atoms with Crippen molar-refractivity contribution in [2.45, 2.75) is 25.9 Å². The summed E-state index contributed by atoms with van der Waals surface area (Å²) in [6.07, 6.45) is -3.02. The average Bonchev–Trinajstić information content (AvgIpc) is 2.60. The van der Waals surface area contributed by atoms with E-state index in [0.717, 1.165) is 12.1 Å². The lowest BCUT2D eigenvalue weighted by Crippen LogP contribution is -2.09. The van der Waals surface area contributed by atoms with Gasteiger partial charge in [0.1, 0.15) is 12.2 Å². The smallest absolute Gasteiger partial charge is 0.311 e. The predicted octanol–water partition coefficient (Wildman–Crippen LogP) is 3.71. The summed E-state index contributed by atoms with van der Waals surface area (Å²) in [5.74, 6) is 0.213. The van der Waals surface area contributed by atoms with Crippen LogP contribution < -0.4 is 5.56 Å². The molecule has 0 aliphatic heterocycles. The number of halogens is 3. The molecule has 2 heterocycles. The molecule has 26 heavy (non-hydrogen) atoms. The first kappa shape index (κ1) is 17.8. The van der Waals surface area contributed by atoms with E-state index in [1.165, 1.54) is 24.5 Å². The number of alkyl halides is 3. The maximum Gasteiger partial charge on any atom is 0.416 e. The minimum absolute atomic E-state index is 0.248. The molecule has 0 aliphatic rings. The summed E-state index contributed by atoms with van der Waals surface area (Å²) in [5.41, 5.74) is 1.22. The second-order valence-corrected chi connectivity index (χ2v) is 5.89. The highest BCUT2D eigenvalue weighted by Crippen LogP contribution is 2.31. The van der Waals surface area contributed by atoms with Gasteiger partial charge in [-0.15, -0.1) is 0 Å². The monoisotopic (exact) mass is 360 g/mol. The standard InChI is InChI=1S/C18H15F3N4O/c1-10(12-3-5-13(6-4-12)18(19,20)21)14-7-15(23-9-22-14)16-8-17(26)25-11(2)24-16/h3-10H,1-2H3,(H,24,25,26)/t10-/m1/s1. The molecule has 0 spiro atoms. The van der Waals surface area contributed by atoms with E-state index in [4.69, 9.17) is 0 Å². The van der Waals surface area contributed by atoms with Crippen LogP contribution in [-0.2, 0) is 6.18 Å². The zero-order chi connectivity index (χ0) is 18.9. The van der Waals surface area contributed by atoms with Crippen LogP contribution in [0.1, 0.15) is 35.5 Å². The molecular weight excluding hydrogens is 345 g/mol. The maximum absolute atomic E-state index is 12.7. The molecule has 134 valence electrons. The Balaban J connectivity index is 1.93. The summed E-state index contributed by atoms with van der Waals surface area (Å²) in [7, 11) is 0. The second-order valence-electron chi connectivity index (χ2n) is 5.89. The van der Waals surface area contributed by atoms with E-state index in [0.29, 0.717) is 28.5 Å². The maximum atomic E-state index is 12.7.